The summed E-state index contributed by atoms with van der Waals surface area (Å²) in [5, 5.41) is 18.3. The van der Waals surface area contributed by atoms with Gasteiger partial charge in [0.05, 0.1) is 0 Å². The predicted molar refractivity (Wildman–Crippen MR) is 58.5 cm³/mol. The molecule has 78 valence electrons. The van der Waals surface area contributed by atoms with E-state index in [1.165, 1.54) is 13.0 Å². The first-order chi connectivity index (χ1) is 7.08. The first-order valence-electron chi connectivity index (χ1n) is 4.46. The van der Waals surface area contributed by atoms with Crippen molar-refractivity contribution in [2.45, 2.75) is 6.92 Å². The summed E-state index contributed by atoms with van der Waals surface area (Å²) in [7, 11) is 0. The van der Waals surface area contributed by atoms with Crippen molar-refractivity contribution in [1.82, 2.24) is 0 Å². The summed E-state index contributed by atoms with van der Waals surface area (Å²) in [5.74, 6) is -0.103. The molecule has 3 heteroatoms. The van der Waals surface area contributed by atoms with E-state index < -0.39 is 0 Å². The van der Waals surface area contributed by atoms with Gasteiger partial charge in [-0.2, -0.15) is 0 Å². The Hall–Kier alpha value is -2.03. The van der Waals surface area contributed by atoms with E-state index in [0.717, 1.165) is 11.6 Å². The molecule has 0 spiro atoms. The van der Waals surface area contributed by atoms with E-state index in [2.05, 4.69) is 0 Å². The SMILES string of the molecule is CC(=O)/C=C(O)/C=C/c1ccc(O)cc1. The largest absolute Gasteiger partial charge is 0.508 e. The van der Waals surface area contributed by atoms with Crippen molar-refractivity contribution < 1.29 is 15.0 Å². The summed E-state index contributed by atoms with van der Waals surface area (Å²) >= 11 is 0. The van der Waals surface area contributed by atoms with Gasteiger partial charge in [0.2, 0.25) is 0 Å². The van der Waals surface area contributed by atoms with Gasteiger partial charge in [-0.05, 0) is 30.7 Å². The Balaban J connectivity index is 2.73. The Morgan fingerprint density at radius 3 is 2.40 bits per heavy atom. The van der Waals surface area contributed by atoms with E-state index in [0.29, 0.717) is 0 Å². The normalized spacial score (nSPS) is 11.9. The smallest absolute Gasteiger partial charge is 0.156 e. The summed E-state index contributed by atoms with van der Waals surface area (Å²) in [4.78, 5) is 10.6. The van der Waals surface area contributed by atoms with Crippen LogP contribution >= 0.6 is 0 Å². The van der Waals surface area contributed by atoms with Crippen LogP contribution in [-0.2, 0) is 4.79 Å². The Morgan fingerprint density at radius 2 is 1.87 bits per heavy atom. The van der Waals surface area contributed by atoms with Crippen molar-refractivity contribution in [2.75, 3.05) is 0 Å². The number of aromatic hydroxyl groups is 1. The highest BCUT2D eigenvalue weighted by Gasteiger charge is 1.91. The van der Waals surface area contributed by atoms with Gasteiger partial charge in [-0.25, -0.2) is 0 Å². The first kappa shape index (κ1) is 11.0. The average molecular weight is 204 g/mol. The minimum Gasteiger partial charge on any atom is -0.508 e. The highest BCUT2D eigenvalue weighted by Crippen LogP contribution is 2.11. The molecule has 0 aromatic heterocycles. The molecular weight excluding hydrogens is 192 g/mol. The second kappa shape index (κ2) is 5.00. The van der Waals surface area contributed by atoms with Gasteiger partial charge in [-0.1, -0.05) is 18.2 Å². The number of phenolic OH excluding ortho intramolecular Hbond substituents is 1. The van der Waals surface area contributed by atoms with Crippen LogP contribution in [0.2, 0.25) is 0 Å². The Bertz CT molecular complexity index is 399. The van der Waals surface area contributed by atoms with E-state index in [9.17, 15) is 9.90 Å². The number of hydrogen-bond donors (Lipinski definition) is 2. The molecule has 0 saturated heterocycles. The number of benzene rings is 1. The van der Waals surface area contributed by atoms with Gasteiger partial charge in [0.15, 0.2) is 5.78 Å². The van der Waals surface area contributed by atoms with Crippen molar-refractivity contribution in [3.05, 3.63) is 47.7 Å². The van der Waals surface area contributed by atoms with Gasteiger partial charge in [-0.3, -0.25) is 4.79 Å². The summed E-state index contributed by atoms with van der Waals surface area (Å²) in [5.41, 5.74) is 0.830. The predicted octanol–water partition coefficient (Wildman–Crippen LogP) is 2.44. The maximum Gasteiger partial charge on any atom is 0.156 e. The third-order valence-electron chi connectivity index (χ3n) is 1.69. The fourth-order valence-corrected chi connectivity index (χ4v) is 1.02. The van der Waals surface area contributed by atoms with Gasteiger partial charge in [0.1, 0.15) is 11.5 Å². The van der Waals surface area contributed by atoms with E-state index in [1.807, 2.05) is 0 Å². The van der Waals surface area contributed by atoms with E-state index >= 15 is 0 Å². The minimum atomic E-state index is -0.206. The average Bonchev–Trinajstić information content (AvgIpc) is 2.16. The summed E-state index contributed by atoms with van der Waals surface area (Å²) in [6.07, 6.45) is 4.21. The maximum absolute atomic E-state index is 10.6. The first-order valence-corrected chi connectivity index (χ1v) is 4.46. The lowest BCUT2D eigenvalue weighted by Gasteiger charge is -1.94. The van der Waals surface area contributed by atoms with Crippen molar-refractivity contribution >= 4 is 11.9 Å². The molecular formula is C12H12O3. The topological polar surface area (TPSA) is 57.5 Å². The van der Waals surface area contributed by atoms with Crippen LogP contribution < -0.4 is 0 Å². The van der Waals surface area contributed by atoms with Gasteiger partial charge in [0.25, 0.3) is 0 Å². The van der Waals surface area contributed by atoms with Crippen molar-refractivity contribution in [2.24, 2.45) is 0 Å². The molecule has 0 saturated carbocycles. The molecule has 0 atom stereocenters. The zero-order valence-corrected chi connectivity index (χ0v) is 8.34. The van der Waals surface area contributed by atoms with Gasteiger partial charge < -0.3 is 10.2 Å². The zero-order valence-electron chi connectivity index (χ0n) is 8.34. The van der Waals surface area contributed by atoms with Gasteiger partial charge in [-0.15, -0.1) is 0 Å². The van der Waals surface area contributed by atoms with Crippen LogP contribution in [0.4, 0.5) is 0 Å². The van der Waals surface area contributed by atoms with Crippen molar-refractivity contribution in [1.29, 1.82) is 0 Å². The van der Waals surface area contributed by atoms with Crippen LogP contribution in [0, 0.1) is 0 Å². The van der Waals surface area contributed by atoms with Crippen molar-refractivity contribution in [3.8, 4) is 5.75 Å². The Morgan fingerprint density at radius 1 is 1.27 bits per heavy atom. The lowest BCUT2D eigenvalue weighted by molar-refractivity contribution is -0.112. The molecule has 0 bridgehead atoms. The number of carbonyl (C=O) groups is 1. The fourth-order valence-electron chi connectivity index (χ4n) is 1.02. The molecule has 0 fully saturated rings. The molecule has 0 heterocycles. The Labute approximate surface area is 88.0 Å². The number of hydrogen-bond acceptors (Lipinski definition) is 3. The lowest BCUT2D eigenvalue weighted by atomic mass is 10.2. The highest BCUT2D eigenvalue weighted by molar-refractivity contribution is 5.88. The standard InChI is InChI=1S/C12H12O3/c1-9(13)8-12(15)7-4-10-2-5-11(14)6-3-10/h2-8,14-15H,1H3/b7-4+,12-8-. The van der Waals surface area contributed by atoms with E-state index in [1.54, 1.807) is 30.3 Å². The molecule has 1 aromatic carbocycles. The second-order valence-electron chi connectivity index (χ2n) is 3.10. The van der Waals surface area contributed by atoms with E-state index in [-0.39, 0.29) is 17.3 Å². The summed E-state index contributed by atoms with van der Waals surface area (Å²) < 4.78 is 0. The molecule has 0 radical (unpaired) electrons. The molecule has 2 N–H and O–H groups in total. The highest BCUT2D eigenvalue weighted by atomic mass is 16.3. The third-order valence-corrected chi connectivity index (χ3v) is 1.69. The minimum absolute atomic E-state index is 0.0874. The van der Waals surface area contributed by atoms with Crippen LogP contribution in [0.5, 0.6) is 5.75 Å². The molecule has 15 heavy (non-hydrogen) atoms. The van der Waals surface area contributed by atoms with Crippen LogP contribution in [0.3, 0.4) is 0 Å². The molecule has 0 unspecified atom stereocenters. The molecule has 1 rings (SSSR count). The molecule has 0 aliphatic carbocycles. The molecule has 0 aliphatic rings. The monoisotopic (exact) mass is 204 g/mol. The van der Waals surface area contributed by atoms with E-state index in [4.69, 9.17) is 5.11 Å². The van der Waals surface area contributed by atoms with Crippen LogP contribution in [0.25, 0.3) is 6.08 Å². The second-order valence-corrected chi connectivity index (χ2v) is 3.10. The van der Waals surface area contributed by atoms with Crippen LogP contribution in [0.1, 0.15) is 12.5 Å². The number of phenols is 1. The lowest BCUT2D eigenvalue weighted by Crippen LogP contribution is -1.84. The van der Waals surface area contributed by atoms with Crippen LogP contribution in [0.15, 0.2) is 42.2 Å². The Kier molecular flexibility index (Phi) is 3.68. The molecule has 1 aromatic rings. The number of rotatable bonds is 3. The van der Waals surface area contributed by atoms with Crippen LogP contribution in [-0.4, -0.2) is 16.0 Å². The number of ketones is 1. The number of aliphatic hydroxyl groups excluding tert-OH is 1. The van der Waals surface area contributed by atoms with Gasteiger partial charge >= 0.3 is 0 Å². The van der Waals surface area contributed by atoms with Gasteiger partial charge in [0, 0.05) is 6.08 Å². The fraction of sp³-hybridized carbons (Fsp3) is 0.0833. The van der Waals surface area contributed by atoms with Crippen molar-refractivity contribution in [3.63, 3.8) is 0 Å². The molecule has 0 aliphatic heterocycles. The number of carbonyl (C=O) groups excluding carboxylic acids is 1. The number of allylic oxidation sites excluding steroid dienone is 2. The number of aliphatic hydroxyl groups is 1. The summed E-state index contributed by atoms with van der Waals surface area (Å²) in [6.45, 7) is 1.37. The molecule has 0 amide bonds. The zero-order chi connectivity index (χ0) is 11.3. The quantitative estimate of drug-likeness (QED) is 0.451. The summed E-state index contributed by atoms with van der Waals surface area (Å²) in [6, 6.07) is 6.50. The maximum atomic E-state index is 10.6. The third kappa shape index (κ3) is 4.13. The molecule has 3 nitrogen and oxygen atoms in total.